The molecule has 4 nitrogen and oxygen atoms in total. The van der Waals surface area contributed by atoms with E-state index in [9.17, 15) is 8.78 Å². The molecule has 1 aliphatic rings. The average Bonchev–Trinajstić information content (AvgIpc) is 2.78. The summed E-state index contributed by atoms with van der Waals surface area (Å²) in [6.45, 7) is 6.51. The van der Waals surface area contributed by atoms with Crippen LogP contribution in [0.1, 0.15) is 52.4 Å². The minimum Gasteiger partial charge on any atom is -0.327 e. The molecule has 0 aliphatic carbocycles. The topological polar surface area (TPSA) is 54.5 Å². The molecule has 2 aromatic carbocycles. The third-order valence-electron chi connectivity index (χ3n) is 5.85. The number of benzene rings is 2. The Bertz CT molecular complexity index is 1220. The van der Waals surface area contributed by atoms with E-state index in [0.717, 1.165) is 40.1 Å². The SMILES string of the molecule is CCC=C1N=CN(Cc2c(C)cc(C)cc2F)c2ccc(Cc3ncc(CN)cc3F)cc21. The molecule has 0 bridgehead atoms. The van der Waals surface area contributed by atoms with E-state index in [1.807, 2.05) is 43.0 Å². The van der Waals surface area contributed by atoms with Crippen molar-refractivity contribution in [2.75, 3.05) is 4.90 Å². The van der Waals surface area contributed by atoms with Crippen LogP contribution >= 0.6 is 0 Å². The quantitative estimate of drug-likeness (QED) is 0.519. The molecule has 170 valence electrons. The largest absolute Gasteiger partial charge is 0.327 e. The van der Waals surface area contributed by atoms with Gasteiger partial charge < -0.3 is 10.6 Å². The van der Waals surface area contributed by atoms with Gasteiger partial charge in [0.25, 0.3) is 0 Å². The number of aromatic nitrogens is 1. The molecule has 0 unspecified atom stereocenters. The minimum atomic E-state index is -0.357. The van der Waals surface area contributed by atoms with E-state index in [4.69, 9.17) is 5.73 Å². The molecule has 6 heteroatoms. The van der Waals surface area contributed by atoms with Gasteiger partial charge in [-0.15, -0.1) is 0 Å². The lowest BCUT2D eigenvalue weighted by Crippen LogP contribution is -2.25. The molecule has 0 saturated heterocycles. The summed E-state index contributed by atoms with van der Waals surface area (Å²) >= 11 is 0. The predicted octanol–water partition coefficient (Wildman–Crippen LogP) is 5.83. The Labute approximate surface area is 193 Å². The fourth-order valence-corrected chi connectivity index (χ4v) is 4.15. The Balaban J connectivity index is 1.68. The molecule has 3 aromatic rings. The van der Waals surface area contributed by atoms with Crippen molar-refractivity contribution in [3.63, 3.8) is 0 Å². The molecule has 0 amide bonds. The highest BCUT2D eigenvalue weighted by molar-refractivity contribution is 5.94. The van der Waals surface area contributed by atoms with Gasteiger partial charge >= 0.3 is 0 Å². The van der Waals surface area contributed by atoms with E-state index in [0.29, 0.717) is 29.8 Å². The van der Waals surface area contributed by atoms with Gasteiger partial charge in [-0.05, 0) is 66.8 Å². The highest BCUT2D eigenvalue weighted by Crippen LogP contribution is 2.34. The molecule has 0 radical (unpaired) electrons. The lowest BCUT2D eigenvalue weighted by Gasteiger charge is -2.28. The Morgan fingerprint density at radius 1 is 1.03 bits per heavy atom. The number of nitrogens with two attached hydrogens (primary N) is 1. The van der Waals surface area contributed by atoms with Crippen LogP contribution in [0, 0.1) is 25.5 Å². The van der Waals surface area contributed by atoms with E-state index in [2.05, 4.69) is 23.0 Å². The monoisotopic (exact) mass is 446 g/mol. The van der Waals surface area contributed by atoms with Crippen molar-refractivity contribution in [3.8, 4) is 0 Å². The summed E-state index contributed by atoms with van der Waals surface area (Å²) in [6, 6.07) is 11.0. The predicted molar refractivity (Wildman–Crippen MR) is 130 cm³/mol. The number of aryl methyl sites for hydroxylation is 2. The lowest BCUT2D eigenvalue weighted by atomic mass is 9.99. The van der Waals surface area contributed by atoms with Gasteiger partial charge in [-0.2, -0.15) is 0 Å². The zero-order valence-electron chi connectivity index (χ0n) is 19.2. The number of fused-ring (bicyclic) bond motifs is 1. The second-order valence-electron chi connectivity index (χ2n) is 8.42. The molecular weight excluding hydrogens is 418 g/mol. The molecule has 0 saturated carbocycles. The maximum atomic E-state index is 14.7. The molecule has 0 fully saturated rings. The molecule has 33 heavy (non-hydrogen) atoms. The maximum Gasteiger partial charge on any atom is 0.145 e. The number of aliphatic imine (C=N–C) groups is 1. The number of anilines is 1. The normalized spacial score (nSPS) is 14.1. The Hall–Kier alpha value is -3.38. The smallest absolute Gasteiger partial charge is 0.145 e. The number of halogens is 2. The van der Waals surface area contributed by atoms with Crippen LogP contribution < -0.4 is 10.6 Å². The van der Waals surface area contributed by atoms with Crippen molar-refractivity contribution in [1.29, 1.82) is 0 Å². The summed E-state index contributed by atoms with van der Waals surface area (Å²) in [5, 5.41) is 0. The van der Waals surface area contributed by atoms with Crippen molar-refractivity contribution in [2.24, 2.45) is 10.7 Å². The Kier molecular flexibility index (Phi) is 6.65. The van der Waals surface area contributed by atoms with Crippen molar-refractivity contribution < 1.29 is 8.78 Å². The molecule has 2 heterocycles. The van der Waals surface area contributed by atoms with E-state index < -0.39 is 0 Å². The molecule has 2 N–H and O–H groups in total. The van der Waals surface area contributed by atoms with Crippen molar-refractivity contribution in [1.82, 2.24) is 4.98 Å². The standard InChI is InChI=1S/C27H28F2N4/c1-4-5-25-21-10-19(12-26-24(29)11-20(13-30)14-31-26)6-7-27(21)33(16-32-25)15-22-18(3)8-17(2)9-23(22)28/h5-11,14,16H,4,12-13,15,30H2,1-3H3. The number of hydrogen-bond donors (Lipinski definition) is 1. The van der Waals surface area contributed by atoms with Crippen LogP contribution in [-0.2, 0) is 19.5 Å². The van der Waals surface area contributed by atoms with Crippen molar-refractivity contribution >= 4 is 17.7 Å². The fourth-order valence-electron chi connectivity index (χ4n) is 4.15. The zero-order chi connectivity index (χ0) is 23.5. The van der Waals surface area contributed by atoms with Crippen LogP contribution in [0.15, 0.2) is 53.7 Å². The summed E-state index contributed by atoms with van der Waals surface area (Å²) < 4.78 is 29.2. The van der Waals surface area contributed by atoms with Crippen LogP contribution in [0.2, 0.25) is 0 Å². The van der Waals surface area contributed by atoms with Crippen LogP contribution in [0.3, 0.4) is 0 Å². The van der Waals surface area contributed by atoms with Gasteiger partial charge in [0, 0.05) is 30.3 Å². The van der Waals surface area contributed by atoms with E-state index in [1.54, 1.807) is 18.6 Å². The average molecular weight is 447 g/mol. The summed E-state index contributed by atoms with van der Waals surface area (Å²) in [6.07, 6.45) is 6.62. The van der Waals surface area contributed by atoms with E-state index in [1.165, 1.54) is 6.07 Å². The summed E-state index contributed by atoms with van der Waals surface area (Å²) in [5.74, 6) is -0.568. The number of allylic oxidation sites excluding steroid dienone is 1. The van der Waals surface area contributed by atoms with Gasteiger partial charge in [0.2, 0.25) is 0 Å². The van der Waals surface area contributed by atoms with Gasteiger partial charge in [-0.3, -0.25) is 4.98 Å². The Morgan fingerprint density at radius 2 is 1.85 bits per heavy atom. The van der Waals surface area contributed by atoms with Gasteiger partial charge in [0.05, 0.1) is 30.0 Å². The number of pyridine rings is 1. The molecule has 1 aliphatic heterocycles. The van der Waals surface area contributed by atoms with Crippen LogP contribution in [0.4, 0.5) is 14.5 Å². The summed E-state index contributed by atoms with van der Waals surface area (Å²) in [5.41, 5.74) is 12.8. The van der Waals surface area contributed by atoms with Crippen molar-refractivity contribution in [3.05, 3.63) is 99.4 Å². The fraction of sp³-hybridized carbons (Fsp3) is 0.259. The number of hydrogen-bond acceptors (Lipinski definition) is 4. The second kappa shape index (κ2) is 9.63. The van der Waals surface area contributed by atoms with Crippen molar-refractivity contribution in [2.45, 2.75) is 46.7 Å². The van der Waals surface area contributed by atoms with Crippen LogP contribution in [0.25, 0.3) is 5.70 Å². The third kappa shape index (κ3) is 4.86. The van der Waals surface area contributed by atoms with E-state index >= 15 is 0 Å². The highest BCUT2D eigenvalue weighted by atomic mass is 19.1. The minimum absolute atomic E-state index is 0.212. The van der Waals surface area contributed by atoms with Gasteiger partial charge in [-0.1, -0.05) is 25.1 Å². The summed E-state index contributed by atoms with van der Waals surface area (Å²) in [4.78, 5) is 10.9. The molecule has 1 aromatic heterocycles. The number of rotatable bonds is 6. The zero-order valence-corrected chi connectivity index (χ0v) is 19.2. The first-order valence-corrected chi connectivity index (χ1v) is 11.1. The Morgan fingerprint density at radius 3 is 2.55 bits per heavy atom. The van der Waals surface area contributed by atoms with Gasteiger partial charge in [0.15, 0.2) is 0 Å². The van der Waals surface area contributed by atoms with Gasteiger partial charge in [0.1, 0.15) is 11.6 Å². The third-order valence-corrected chi connectivity index (χ3v) is 5.85. The van der Waals surface area contributed by atoms with E-state index in [-0.39, 0.29) is 18.2 Å². The van der Waals surface area contributed by atoms with Gasteiger partial charge in [-0.25, -0.2) is 13.8 Å². The molecule has 4 rings (SSSR count). The molecule has 0 atom stereocenters. The molecule has 0 spiro atoms. The number of nitrogens with zero attached hydrogens (tertiary/aromatic N) is 3. The van der Waals surface area contributed by atoms with Crippen LogP contribution in [-0.4, -0.2) is 11.3 Å². The highest BCUT2D eigenvalue weighted by Gasteiger charge is 2.21. The molecular formula is C27H28F2N4. The first-order valence-electron chi connectivity index (χ1n) is 11.1. The van der Waals surface area contributed by atoms with Crippen LogP contribution in [0.5, 0.6) is 0 Å². The lowest BCUT2D eigenvalue weighted by molar-refractivity contribution is 0.601. The first kappa shape index (κ1) is 22.8. The first-order chi connectivity index (χ1) is 15.9. The maximum absolute atomic E-state index is 14.7. The second-order valence-corrected chi connectivity index (χ2v) is 8.42. The summed E-state index contributed by atoms with van der Waals surface area (Å²) in [7, 11) is 0.